The summed E-state index contributed by atoms with van der Waals surface area (Å²) in [4.78, 5) is 20.8. The van der Waals surface area contributed by atoms with Gasteiger partial charge in [-0.3, -0.25) is 14.8 Å². The van der Waals surface area contributed by atoms with Crippen LogP contribution < -0.4 is 5.32 Å². The minimum Gasteiger partial charge on any atom is -0.350 e. The molecule has 6 heteroatoms. The van der Waals surface area contributed by atoms with Gasteiger partial charge in [0.25, 0.3) is 0 Å². The molecule has 0 unspecified atom stereocenters. The number of nitrogens with one attached hydrogen (secondary N) is 1. The van der Waals surface area contributed by atoms with Crippen molar-refractivity contribution in [2.75, 3.05) is 5.75 Å². The fraction of sp³-hybridized carbons (Fsp3) is 0.167. The molecule has 0 aliphatic rings. The molecule has 0 aliphatic carbocycles. The van der Waals surface area contributed by atoms with Crippen molar-refractivity contribution in [1.29, 1.82) is 0 Å². The highest BCUT2D eigenvalue weighted by Gasteiger charge is 2.09. The first-order valence-corrected chi connectivity index (χ1v) is 9.63. The summed E-state index contributed by atoms with van der Waals surface area (Å²) in [5.74, 6) is 1.28. The zero-order valence-electron chi connectivity index (χ0n) is 13.0. The Morgan fingerprint density at radius 2 is 1.96 bits per heavy atom. The molecule has 1 aromatic carbocycles. The Morgan fingerprint density at radius 3 is 2.75 bits per heavy atom. The molecule has 0 radical (unpaired) electrons. The predicted molar refractivity (Wildman–Crippen MR) is 99.8 cm³/mol. The van der Waals surface area contributed by atoms with Crippen LogP contribution in [0.5, 0.6) is 0 Å². The third kappa shape index (κ3) is 4.66. The van der Waals surface area contributed by atoms with Crippen molar-refractivity contribution in [3.8, 4) is 11.3 Å². The van der Waals surface area contributed by atoms with E-state index >= 15 is 0 Å². The summed E-state index contributed by atoms with van der Waals surface area (Å²) in [6.07, 6.45) is 3.33. The van der Waals surface area contributed by atoms with Gasteiger partial charge in [-0.05, 0) is 17.0 Å². The van der Waals surface area contributed by atoms with Crippen molar-refractivity contribution in [3.63, 3.8) is 0 Å². The van der Waals surface area contributed by atoms with Gasteiger partial charge in [-0.1, -0.05) is 30.3 Å². The van der Waals surface area contributed by atoms with Crippen LogP contribution in [0.15, 0.2) is 59.6 Å². The summed E-state index contributed by atoms with van der Waals surface area (Å²) in [5.41, 5.74) is 3.88. The van der Waals surface area contributed by atoms with Crippen LogP contribution >= 0.6 is 23.1 Å². The summed E-state index contributed by atoms with van der Waals surface area (Å²) in [6, 6.07) is 12.2. The quantitative estimate of drug-likeness (QED) is 0.701. The minimum atomic E-state index is 0.0119. The topological polar surface area (TPSA) is 54.9 Å². The third-order valence-electron chi connectivity index (χ3n) is 3.37. The molecule has 24 heavy (non-hydrogen) atoms. The number of carbonyl (C=O) groups is 1. The molecule has 122 valence electrons. The van der Waals surface area contributed by atoms with E-state index in [-0.39, 0.29) is 5.91 Å². The highest BCUT2D eigenvalue weighted by molar-refractivity contribution is 7.99. The fourth-order valence-electron chi connectivity index (χ4n) is 2.21. The lowest BCUT2D eigenvalue weighted by Crippen LogP contribution is -2.25. The zero-order valence-corrected chi connectivity index (χ0v) is 14.6. The molecule has 4 nitrogen and oxygen atoms in total. The number of nitrogens with zero attached hydrogens (tertiary/aromatic N) is 2. The average molecular weight is 355 g/mol. The van der Waals surface area contributed by atoms with Crippen LogP contribution in [0, 0.1) is 0 Å². The summed E-state index contributed by atoms with van der Waals surface area (Å²) in [6.45, 7) is 0.393. The van der Waals surface area contributed by atoms with Gasteiger partial charge in [0.1, 0.15) is 0 Å². The summed E-state index contributed by atoms with van der Waals surface area (Å²) < 4.78 is 0. The number of benzene rings is 1. The second-order valence-corrected chi connectivity index (χ2v) is 6.88. The lowest BCUT2D eigenvalue weighted by molar-refractivity contribution is -0.118. The van der Waals surface area contributed by atoms with E-state index in [1.807, 2.05) is 35.0 Å². The van der Waals surface area contributed by atoms with Gasteiger partial charge in [0, 0.05) is 29.1 Å². The van der Waals surface area contributed by atoms with Gasteiger partial charge < -0.3 is 5.32 Å². The van der Waals surface area contributed by atoms with Crippen molar-refractivity contribution in [2.45, 2.75) is 12.3 Å². The van der Waals surface area contributed by atoms with Crippen LogP contribution in [0.3, 0.4) is 0 Å². The highest BCUT2D eigenvalue weighted by Crippen LogP contribution is 2.22. The van der Waals surface area contributed by atoms with Gasteiger partial charge in [-0.15, -0.1) is 11.8 Å². The maximum atomic E-state index is 12.0. The zero-order chi connectivity index (χ0) is 16.6. The van der Waals surface area contributed by atoms with Gasteiger partial charge >= 0.3 is 0 Å². The number of aromatic nitrogens is 2. The van der Waals surface area contributed by atoms with Crippen LogP contribution in [0.4, 0.5) is 0 Å². The predicted octanol–water partition coefficient (Wildman–Crippen LogP) is 3.75. The van der Waals surface area contributed by atoms with Crippen molar-refractivity contribution >= 4 is 29.0 Å². The van der Waals surface area contributed by atoms with Gasteiger partial charge in [0.15, 0.2) is 0 Å². The van der Waals surface area contributed by atoms with E-state index in [0.29, 0.717) is 12.3 Å². The Balaban J connectivity index is 1.50. The van der Waals surface area contributed by atoms with Crippen molar-refractivity contribution in [3.05, 3.63) is 70.8 Å². The molecule has 1 amide bonds. The SMILES string of the molecule is O=C(CSCc1ccccc1)NCc1nccnc1-c1ccsc1. The molecular formula is C18H17N3OS2. The molecule has 3 aromatic rings. The second kappa shape index (κ2) is 8.61. The molecule has 0 saturated heterocycles. The number of amides is 1. The molecule has 0 atom stereocenters. The van der Waals surface area contributed by atoms with E-state index in [9.17, 15) is 4.79 Å². The molecule has 1 N–H and O–H groups in total. The standard InChI is InChI=1S/C18H17N3OS2/c22-17(13-24-11-14-4-2-1-3-5-14)21-10-16-18(20-8-7-19-16)15-6-9-23-12-15/h1-9,12H,10-11,13H2,(H,21,22). The van der Waals surface area contributed by atoms with E-state index in [0.717, 1.165) is 22.7 Å². The normalized spacial score (nSPS) is 10.5. The van der Waals surface area contributed by atoms with Gasteiger partial charge in [0.05, 0.1) is 23.7 Å². The van der Waals surface area contributed by atoms with E-state index in [2.05, 4.69) is 27.4 Å². The maximum absolute atomic E-state index is 12.0. The Morgan fingerprint density at radius 1 is 1.12 bits per heavy atom. The summed E-state index contributed by atoms with van der Waals surface area (Å²) in [7, 11) is 0. The van der Waals surface area contributed by atoms with Crippen molar-refractivity contribution in [2.24, 2.45) is 0 Å². The number of carbonyl (C=O) groups excluding carboxylic acids is 1. The number of hydrogen-bond acceptors (Lipinski definition) is 5. The molecular weight excluding hydrogens is 338 g/mol. The summed E-state index contributed by atoms with van der Waals surface area (Å²) in [5, 5.41) is 6.97. The number of hydrogen-bond donors (Lipinski definition) is 1. The molecule has 3 rings (SSSR count). The molecule has 0 spiro atoms. The van der Waals surface area contributed by atoms with Crippen LogP contribution in [-0.2, 0) is 17.1 Å². The summed E-state index contributed by atoms with van der Waals surface area (Å²) >= 11 is 3.22. The number of thioether (sulfide) groups is 1. The lowest BCUT2D eigenvalue weighted by Gasteiger charge is -2.08. The molecule has 2 aromatic heterocycles. The molecule has 0 saturated carbocycles. The van der Waals surface area contributed by atoms with Gasteiger partial charge in [-0.25, -0.2) is 0 Å². The Hall–Kier alpha value is -2.18. The van der Waals surface area contributed by atoms with Crippen LogP contribution in [-0.4, -0.2) is 21.6 Å². The van der Waals surface area contributed by atoms with Gasteiger partial charge in [0.2, 0.25) is 5.91 Å². The van der Waals surface area contributed by atoms with Gasteiger partial charge in [-0.2, -0.15) is 11.3 Å². The third-order valence-corrected chi connectivity index (χ3v) is 5.05. The molecule has 2 heterocycles. The van der Waals surface area contributed by atoms with Crippen LogP contribution in [0.2, 0.25) is 0 Å². The largest absolute Gasteiger partial charge is 0.350 e. The minimum absolute atomic E-state index is 0.0119. The maximum Gasteiger partial charge on any atom is 0.230 e. The highest BCUT2D eigenvalue weighted by atomic mass is 32.2. The second-order valence-electron chi connectivity index (χ2n) is 5.12. The lowest BCUT2D eigenvalue weighted by atomic mass is 10.2. The fourth-order valence-corrected chi connectivity index (χ4v) is 3.66. The van der Waals surface area contributed by atoms with Crippen LogP contribution in [0.1, 0.15) is 11.3 Å². The van der Waals surface area contributed by atoms with E-state index in [1.165, 1.54) is 5.56 Å². The first-order chi connectivity index (χ1) is 11.8. The molecule has 0 aliphatic heterocycles. The molecule has 0 bridgehead atoms. The number of thiophene rings is 1. The molecule has 0 fully saturated rings. The first-order valence-electron chi connectivity index (χ1n) is 7.54. The van der Waals surface area contributed by atoms with E-state index in [1.54, 1.807) is 35.5 Å². The van der Waals surface area contributed by atoms with E-state index in [4.69, 9.17) is 0 Å². The Kier molecular flexibility index (Phi) is 5.98. The number of rotatable bonds is 7. The van der Waals surface area contributed by atoms with Crippen molar-refractivity contribution < 1.29 is 4.79 Å². The van der Waals surface area contributed by atoms with Crippen molar-refractivity contribution in [1.82, 2.24) is 15.3 Å². The Bertz CT molecular complexity index is 776. The average Bonchev–Trinajstić information content (AvgIpc) is 3.16. The Labute approximate surface area is 149 Å². The smallest absolute Gasteiger partial charge is 0.230 e. The first kappa shape index (κ1) is 16.7. The van der Waals surface area contributed by atoms with Crippen LogP contribution in [0.25, 0.3) is 11.3 Å². The van der Waals surface area contributed by atoms with E-state index < -0.39 is 0 Å². The monoisotopic (exact) mass is 355 g/mol.